The van der Waals surface area contributed by atoms with Crippen LogP contribution in [0.4, 0.5) is 17.6 Å². The van der Waals surface area contributed by atoms with Crippen LogP contribution in [0.1, 0.15) is 61.6 Å². The Morgan fingerprint density at radius 3 is 2.35 bits per heavy atom. The number of likely N-dealkylation sites (tertiary alicyclic amines) is 1. The molecule has 1 aliphatic carbocycles. The first-order chi connectivity index (χ1) is 16.3. The number of nitrogens with zero attached hydrogens (tertiary/aromatic N) is 1. The molecule has 2 heterocycles. The normalized spacial score (nSPS) is 23.6. The number of fused-ring (bicyclic) bond motifs is 2. The molecule has 0 unspecified atom stereocenters. The molecule has 0 atom stereocenters. The van der Waals surface area contributed by atoms with Crippen LogP contribution in [0.5, 0.6) is 0 Å². The summed E-state index contributed by atoms with van der Waals surface area (Å²) in [5.41, 5.74) is 2.82. The van der Waals surface area contributed by atoms with Crippen LogP contribution >= 0.6 is 11.8 Å². The Bertz CT molecular complexity index is 1080. The summed E-state index contributed by atoms with van der Waals surface area (Å²) in [7, 11) is 0. The van der Waals surface area contributed by atoms with Gasteiger partial charge in [-0.15, -0.1) is 0 Å². The van der Waals surface area contributed by atoms with Crippen molar-refractivity contribution in [3.8, 4) is 0 Å². The second-order valence-electron chi connectivity index (χ2n) is 9.73. The lowest BCUT2D eigenvalue weighted by Gasteiger charge is -2.33. The van der Waals surface area contributed by atoms with Gasteiger partial charge in [-0.25, -0.2) is 4.39 Å². The average Bonchev–Trinajstić information content (AvgIpc) is 2.81. The number of rotatable bonds is 3. The van der Waals surface area contributed by atoms with E-state index in [1.54, 1.807) is 6.07 Å². The van der Waals surface area contributed by atoms with Gasteiger partial charge in [-0.1, -0.05) is 23.4 Å². The topological polar surface area (TPSA) is 23.5 Å². The Labute approximate surface area is 202 Å². The summed E-state index contributed by atoms with van der Waals surface area (Å²) in [5, 5.41) is 9.71. The minimum absolute atomic E-state index is 0.133. The van der Waals surface area contributed by atoms with Gasteiger partial charge in [0.1, 0.15) is 5.82 Å². The summed E-state index contributed by atoms with van der Waals surface area (Å²) in [5.74, 6) is 0.337. The first kappa shape index (κ1) is 23.9. The number of alkyl halides is 3. The monoisotopic (exact) mass is 491 g/mol. The Morgan fingerprint density at radius 1 is 0.912 bits per heavy atom. The first-order valence-corrected chi connectivity index (χ1v) is 12.9. The Morgan fingerprint density at radius 2 is 1.65 bits per heavy atom. The number of halogens is 4. The predicted molar refractivity (Wildman–Crippen MR) is 126 cm³/mol. The fourth-order valence-corrected chi connectivity index (χ4v) is 6.61. The van der Waals surface area contributed by atoms with E-state index in [9.17, 15) is 22.7 Å². The number of aliphatic hydroxyl groups excluding tert-OH is 1. The number of hydrogen-bond donors (Lipinski definition) is 1. The Kier molecular flexibility index (Phi) is 6.79. The number of aliphatic hydroxyl groups is 1. The van der Waals surface area contributed by atoms with Crippen LogP contribution in [0.25, 0.3) is 5.57 Å². The first-order valence-electron chi connectivity index (χ1n) is 12.1. The maximum atomic E-state index is 14.0. The molecule has 2 aromatic rings. The molecule has 7 heteroatoms. The van der Waals surface area contributed by atoms with Gasteiger partial charge in [0.05, 0.1) is 11.7 Å². The zero-order valence-electron chi connectivity index (χ0n) is 19.0. The van der Waals surface area contributed by atoms with Crippen molar-refractivity contribution in [3.63, 3.8) is 0 Å². The number of piperidine rings is 1. The molecule has 34 heavy (non-hydrogen) atoms. The van der Waals surface area contributed by atoms with Gasteiger partial charge in [-0.2, -0.15) is 13.2 Å². The quantitative estimate of drug-likeness (QED) is 0.394. The molecule has 1 saturated heterocycles. The molecular weight excluding hydrogens is 462 g/mol. The van der Waals surface area contributed by atoms with Crippen molar-refractivity contribution >= 4 is 17.3 Å². The van der Waals surface area contributed by atoms with Crippen molar-refractivity contribution in [2.24, 2.45) is 5.92 Å². The molecule has 182 valence electrons. The van der Waals surface area contributed by atoms with Crippen molar-refractivity contribution in [3.05, 3.63) is 64.5 Å². The predicted octanol–water partition coefficient (Wildman–Crippen LogP) is 7.15. The molecule has 0 aromatic heterocycles. The Hall–Kier alpha value is -1.83. The smallest absolute Gasteiger partial charge is 0.393 e. The summed E-state index contributed by atoms with van der Waals surface area (Å²) in [6.07, 6.45) is 2.18. The third kappa shape index (κ3) is 5.07. The standard InChI is InChI=1S/C27H29F4NOS/c28-20-4-7-22-25(16-20)34-24-8-3-19(27(29,30)31)15-23(24)26(22)18-10-13-32(14-11-18)12-9-17-1-5-21(33)6-2-17/h3-4,7-8,15-17,21,33H,1-2,5-6,9-14H2/t17-,21+. The molecular formula is C27H29F4NOS. The van der Waals surface area contributed by atoms with Gasteiger partial charge in [-0.05, 0) is 104 Å². The fraction of sp³-hybridized carbons (Fsp3) is 0.481. The molecule has 2 nitrogen and oxygen atoms in total. The molecule has 2 aliphatic heterocycles. The van der Waals surface area contributed by atoms with Gasteiger partial charge in [-0.3, -0.25) is 0 Å². The molecule has 3 aliphatic rings. The minimum atomic E-state index is -4.41. The molecule has 2 fully saturated rings. The highest BCUT2D eigenvalue weighted by Gasteiger charge is 2.34. The molecule has 0 spiro atoms. The van der Waals surface area contributed by atoms with Gasteiger partial charge in [0.15, 0.2) is 0 Å². The molecule has 5 rings (SSSR count). The van der Waals surface area contributed by atoms with E-state index in [0.717, 1.165) is 97.1 Å². The highest BCUT2D eigenvalue weighted by Crippen LogP contribution is 2.49. The molecule has 0 radical (unpaired) electrons. The van der Waals surface area contributed by atoms with Crippen LogP contribution in [0.2, 0.25) is 0 Å². The van der Waals surface area contributed by atoms with E-state index >= 15 is 0 Å². The minimum Gasteiger partial charge on any atom is -0.393 e. The molecule has 0 amide bonds. The van der Waals surface area contributed by atoms with E-state index in [4.69, 9.17) is 0 Å². The molecule has 0 bridgehead atoms. The zero-order chi connectivity index (χ0) is 23.9. The van der Waals surface area contributed by atoms with Crippen LogP contribution in [0.3, 0.4) is 0 Å². The second kappa shape index (κ2) is 9.67. The van der Waals surface area contributed by atoms with Crippen LogP contribution < -0.4 is 0 Å². The lowest BCUT2D eigenvalue weighted by Crippen LogP contribution is -2.33. The summed E-state index contributed by atoms with van der Waals surface area (Å²) < 4.78 is 54.5. The van der Waals surface area contributed by atoms with Crippen molar-refractivity contribution in [2.75, 3.05) is 19.6 Å². The van der Waals surface area contributed by atoms with Crippen molar-refractivity contribution in [1.82, 2.24) is 4.90 Å². The Balaban J connectivity index is 1.39. The van der Waals surface area contributed by atoms with E-state index in [1.807, 2.05) is 0 Å². The lowest BCUT2D eigenvalue weighted by molar-refractivity contribution is -0.137. The summed E-state index contributed by atoms with van der Waals surface area (Å²) in [4.78, 5) is 3.96. The van der Waals surface area contributed by atoms with E-state index in [2.05, 4.69) is 4.90 Å². The van der Waals surface area contributed by atoms with E-state index in [0.29, 0.717) is 11.5 Å². The van der Waals surface area contributed by atoms with Crippen molar-refractivity contribution < 1.29 is 22.7 Å². The van der Waals surface area contributed by atoms with Crippen molar-refractivity contribution in [1.29, 1.82) is 0 Å². The largest absolute Gasteiger partial charge is 0.416 e. The molecule has 1 saturated carbocycles. The fourth-order valence-electron chi connectivity index (χ4n) is 5.52. The number of benzene rings is 2. The highest BCUT2D eigenvalue weighted by atomic mass is 32.2. The molecule has 2 aromatic carbocycles. The van der Waals surface area contributed by atoms with Crippen LogP contribution in [-0.2, 0) is 6.18 Å². The van der Waals surface area contributed by atoms with Gasteiger partial charge < -0.3 is 10.0 Å². The SMILES string of the molecule is O[C@H]1CC[C@@H](CCN2CCC(=C3c4ccc(F)cc4Sc4ccc(C(F)(F)F)cc43)CC2)CC1. The third-order valence-corrected chi connectivity index (χ3v) is 8.63. The third-order valence-electron chi connectivity index (χ3n) is 7.49. The van der Waals surface area contributed by atoms with E-state index < -0.39 is 11.7 Å². The summed E-state index contributed by atoms with van der Waals surface area (Å²) >= 11 is 1.34. The summed E-state index contributed by atoms with van der Waals surface area (Å²) in [6.45, 7) is 2.79. The van der Waals surface area contributed by atoms with E-state index in [1.165, 1.54) is 36.0 Å². The van der Waals surface area contributed by atoms with Crippen LogP contribution in [-0.4, -0.2) is 35.7 Å². The summed E-state index contributed by atoms with van der Waals surface area (Å²) in [6, 6.07) is 8.50. The van der Waals surface area contributed by atoms with Gasteiger partial charge in [0, 0.05) is 22.9 Å². The maximum absolute atomic E-state index is 14.0. The van der Waals surface area contributed by atoms with Crippen LogP contribution in [0, 0.1) is 11.7 Å². The van der Waals surface area contributed by atoms with E-state index in [-0.39, 0.29) is 11.9 Å². The highest BCUT2D eigenvalue weighted by molar-refractivity contribution is 7.99. The van der Waals surface area contributed by atoms with Crippen LogP contribution in [0.15, 0.2) is 51.8 Å². The molecule has 1 N–H and O–H groups in total. The van der Waals surface area contributed by atoms with Gasteiger partial charge in [0.2, 0.25) is 0 Å². The van der Waals surface area contributed by atoms with Gasteiger partial charge >= 0.3 is 6.18 Å². The number of hydrogen-bond acceptors (Lipinski definition) is 3. The van der Waals surface area contributed by atoms with Gasteiger partial charge in [0.25, 0.3) is 0 Å². The maximum Gasteiger partial charge on any atom is 0.416 e. The van der Waals surface area contributed by atoms with Crippen molar-refractivity contribution in [2.45, 2.75) is 67.0 Å². The zero-order valence-corrected chi connectivity index (χ0v) is 19.8. The second-order valence-corrected chi connectivity index (χ2v) is 10.8. The lowest BCUT2D eigenvalue weighted by atomic mass is 9.85. The average molecular weight is 492 g/mol.